The van der Waals surface area contributed by atoms with Crippen LogP contribution in [0.15, 0.2) is 24.3 Å². The third kappa shape index (κ3) is 3.92. The fraction of sp³-hybridized carbons (Fsp3) is 0.222. The first-order chi connectivity index (χ1) is 6.66. The zero-order valence-electron chi connectivity index (χ0n) is 7.51. The molecule has 0 spiro atoms. The van der Waals surface area contributed by atoms with E-state index in [0.717, 1.165) is 0 Å². The van der Waals surface area contributed by atoms with E-state index in [4.69, 9.17) is 9.63 Å². The predicted molar refractivity (Wildman–Crippen MR) is 57.9 cm³/mol. The van der Waals surface area contributed by atoms with Gasteiger partial charge in [-0.25, -0.2) is 4.57 Å². The molecule has 1 aromatic rings. The van der Waals surface area contributed by atoms with Crippen molar-refractivity contribution in [2.45, 2.75) is 12.8 Å². The molecule has 1 atom stereocenters. The van der Waals surface area contributed by atoms with E-state index < -0.39 is 20.6 Å². The maximum absolute atomic E-state index is 10.7. The van der Waals surface area contributed by atoms with Crippen molar-refractivity contribution in [3.63, 3.8) is 0 Å². The van der Waals surface area contributed by atoms with Crippen LogP contribution >= 0.6 is 8.69 Å². The van der Waals surface area contributed by atoms with Crippen molar-refractivity contribution in [2.24, 2.45) is 0 Å². The quantitative estimate of drug-likeness (QED) is 0.639. The molecule has 1 rings (SSSR count). The number of aliphatic carboxylic acids is 1. The number of hydrogen-bond acceptors (Lipinski definition) is 3. The van der Waals surface area contributed by atoms with Crippen LogP contribution in [0.25, 0.3) is 0 Å². The molecule has 0 saturated carbocycles. The Morgan fingerprint density at radius 2 is 2.07 bits per heavy atom. The van der Waals surface area contributed by atoms with Crippen molar-refractivity contribution in [1.82, 2.24) is 0 Å². The molecule has 0 heterocycles. The van der Waals surface area contributed by atoms with E-state index in [0.29, 0.717) is 11.3 Å². The van der Waals surface area contributed by atoms with Gasteiger partial charge in [0.2, 0.25) is 0 Å². The van der Waals surface area contributed by atoms with Crippen LogP contribution in [0.2, 0.25) is 0 Å². The summed E-state index contributed by atoms with van der Waals surface area (Å²) < 4.78 is 15.0. The fourth-order valence-electron chi connectivity index (χ4n) is 1.09. The second kappa shape index (κ2) is 6.96. The molecule has 0 radical (unpaired) electrons. The van der Waals surface area contributed by atoms with E-state index in [1.807, 2.05) is 0 Å². The standard InChI is InChI=1S/C9H9O4P.Na.H/c1-6(9(10)11)7-4-2-3-5-8(7)13-14-12;;/h2-6H,1H3,(H,10,11);;. The number of para-hydroxylation sites is 1. The zero-order valence-corrected chi connectivity index (χ0v) is 8.40. The first-order valence-electron chi connectivity index (χ1n) is 3.98. The summed E-state index contributed by atoms with van der Waals surface area (Å²) in [4.78, 5) is 10.7. The third-order valence-electron chi connectivity index (χ3n) is 1.89. The number of benzene rings is 1. The van der Waals surface area contributed by atoms with Gasteiger partial charge in [0.25, 0.3) is 0 Å². The Bertz CT molecular complexity index is 356. The van der Waals surface area contributed by atoms with Gasteiger partial charge in [-0.1, -0.05) is 18.2 Å². The predicted octanol–water partition coefficient (Wildman–Crippen LogP) is 1.81. The van der Waals surface area contributed by atoms with Gasteiger partial charge in [0.1, 0.15) is 5.75 Å². The molecule has 0 aliphatic rings. The Balaban J connectivity index is 0.00000196. The van der Waals surface area contributed by atoms with Gasteiger partial charge in [0.15, 0.2) is 0 Å². The van der Waals surface area contributed by atoms with Crippen LogP contribution in [0.3, 0.4) is 0 Å². The van der Waals surface area contributed by atoms with Crippen LogP contribution in [0, 0.1) is 0 Å². The van der Waals surface area contributed by atoms with Gasteiger partial charge in [-0.3, -0.25) is 4.79 Å². The molecule has 1 aromatic carbocycles. The van der Waals surface area contributed by atoms with E-state index in [-0.39, 0.29) is 29.6 Å². The second-order valence-corrected chi connectivity index (χ2v) is 3.10. The second-order valence-electron chi connectivity index (χ2n) is 2.76. The van der Waals surface area contributed by atoms with Crippen molar-refractivity contribution in [2.75, 3.05) is 0 Å². The van der Waals surface area contributed by atoms with Gasteiger partial charge in [0.05, 0.1) is 5.92 Å². The summed E-state index contributed by atoms with van der Waals surface area (Å²) in [6, 6.07) is 6.63. The molecular weight excluding hydrogens is 226 g/mol. The van der Waals surface area contributed by atoms with Crippen LogP contribution < -0.4 is 4.52 Å². The van der Waals surface area contributed by atoms with E-state index >= 15 is 0 Å². The molecule has 4 nitrogen and oxygen atoms in total. The van der Waals surface area contributed by atoms with Crippen molar-refractivity contribution < 1.29 is 19.0 Å². The normalized spacial score (nSPS) is 11.5. The van der Waals surface area contributed by atoms with E-state index in [1.54, 1.807) is 31.2 Å². The van der Waals surface area contributed by atoms with Gasteiger partial charge in [-0.2, -0.15) is 0 Å². The Morgan fingerprint density at radius 1 is 1.47 bits per heavy atom. The number of hydrogen-bond donors (Lipinski definition) is 1. The molecule has 0 amide bonds. The molecule has 1 N–H and O–H groups in total. The van der Waals surface area contributed by atoms with Crippen molar-refractivity contribution in [1.29, 1.82) is 0 Å². The summed E-state index contributed by atoms with van der Waals surface area (Å²) in [6.07, 6.45) is 0. The zero-order chi connectivity index (χ0) is 10.6. The summed E-state index contributed by atoms with van der Waals surface area (Å²) >= 11 is 0. The van der Waals surface area contributed by atoms with Gasteiger partial charge in [-0.05, 0) is 13.0 Å². The monoisotopic (exact) mass is 236 g/mol. The van der Waals surface area contributed by atoms with Gasteiger partial charge in [0, 0.05) is 5.56 Å². The third-order valence-corrected chi connectivity index (χ3v) is 2.16. The Morgan fingerprint density at radius 3 is 2.60 bits per heavy atom. The first-order valence-corrected chi connectivity index (χ1v) is 4.71. The summed E-state index contributed by atoms with van der Waals surface area (Å²) in [5, 5.41) is 8.79. The van der Waals surface area contributed by atoms with Crippen LogP contribution in [-0.4, -0.2) is 40.6 Å². The van der Waals surface area contributed by atoms with Crippen LogP contribution in [-0.2, 0) is 9.36 Å². The summed E-state index contributed by atoms with van der Waals surface area (Å²) in [7, 11) is -0.485. The number of carboxylic acid groups (broad SMARTS) is 1. The van der Waals surface area contributed by atoms with Gasteiger partial charge >= 0.3 is 44.2 Å². The molecule has 0 saturated heterocycles. The molecule has 76 valence electrons. The number of carbonyl (C=O) groups is 1. The number of carboxylic acids is 1. The SMILES string of the molecule is CC(C(=O)O)c1ccccc1OP=O.[NaH]. The fourth-order valence-corrected chi connectivity index (χ4v) is 1.34. The Kier molecular flexibility index (Phi) is 6.77. The van der Waals surface area contributed by atoms with Crippen LogP contribution in [0.1, 0.15) is 18.4 Å². The molecule has 0 aromatic heterocycles. The molecule has 6 heteroatoms. The molecule has 0 aliphatic heterocycles. The average molecular weight is 236 g/mol. The Labute approximate surface area is 111 Å². The minimum absolute atomic E-state index is 0. The van der Waals surface area contributed by atoms with E-state index in [2.05, 4.69) is 0 Å². The maximum atomic E-state index is 10.7. The summed E-state index contributed by atoms with van der Waals surface area (Å²) in [6.45, 7) is 1.55. The molecule has 15 heavy (non-hydrogen) atoms. The van der Waals surface area contributed by atoms with Gasteiger partial charge < -0.3 is 9.63 Å². The summed E-state index contributed by atoms with van der Waals surface area (Å²) in [5.41, 5.74) is 0.517. The first kappa shape index (κ1) is 14.6. The molecule has 0 bridgehead atoms. The van der Waals surface area contributed by atoms with Crippen molar-refractivity contribution in [3.8, 4) is 5.75 Å². The van der Waals surface area contributed by atoms with E-state index in [1.165, 1.54) is 0 Å². The van der Waals surface area contributed by atoms with Crippen molar-refractivity contribution in [3.05, 3.63) is 29.8 Å². The minimum atomic E-state index is -0.941. The number of rotatable bonds is 4. The van der Waals surface area contributed by atoms with Gasteiger partial charge in [-0.15, -0.1) is 0 Å². The summed E-state index contributed by atoms with van der Waals surface area (Å²) in [5.74, 6) is -1.28. The molecule has 0 aliphatic carbocycles. The van der Waals surface area contributed by atoms with Crippen LogP contribution in [0.4, 0.5) is 0 Å². The van der Waals surface area contributed by atoms with E-state index in [9.17, 15) is 9.36 Å². The molecule has 0 fully saturated rings. The molecule has 1 unspecified atom stereocenters. The molecular formula is C9H10NaO4P. The Hall–Kier alpha value is -0.410. The van der Waals surface area contributed by atoms with Crippen LogP contribution in [0.5, 0.6) is 5.75 Å². The topological polar surface area (TPSA) is 63.6 Å². The van der Waals surface area contributed by atoms with Crippen molar-refractivity contribution >= 4 is 44.2 Å². The average Bonchev–Trinajstić information content (AvgIpc) is 2.18.